The minimum atomic E-state index is -1.12. The summed E-state index contributed by atoms with van der Waals surface area (Å²) < 4.78 is 11.1. The zero-order chi connectivity index (χ0) is 44.8. The maximum atomic E-state index is 5.52. The van der Waals surface area contributed by atoms with E-state index in [9.17, 15) is 0 Å². The summed E-state index contributed by atoms with van der Waals surface area (Å²) in [5.74, 6) is 3.78. The summed E-state index contributed by atoms with van der Waals surface area (Å²) in [6.45, 7) is 13.0. The van der Waals surface area contributed by atoms with Crippen molar-refractivity contribution in [1.29, 1.82) is 0 Å². The summed E-state index contributed by atoms with van der Waals surface area (Å²) in [5.41, 5.74) is 17.4. The predicted octanol–water partition coefficient (Wildman–Crippen LogP) is 5.35. The van der Waals surface area contributed by atoms with E-state index in [1.165, 1.54) is 33.4 Å². The van der Waals surface area contributed by atoms with Gasteiger partial charge in [0.1, 0.15) is 5.75 Å². The number of fused-ring (bicyclic) bond motifs is 9. The number of nitrogens with zero attached hydrogens (tertiary/aromatic N) is 10. The second kappa shape index (κ2) is 20.6. The summed E-state index contributed by atoms with van der Waals surface area (Å²) >= 11 is 0. The molecule has 0 saturated carbocycles. The molecule has 0 radical (unpaired) electrons. The van der Waals surface area contributed by atoms with Gasteiger partial charge >= 0.3 is 58.5 Å². The van der Waals surface area contributed by atoms with Crippen LogP contribution in [0, 0.1) is 101 Å². The second-order valence-electron chi connectivity index (χ2n) is 16.8. The van der Waals surface area contributed by atoms with E-state index in [0.717, 1.165) is 85.7 Å². The SMILES string of the molecule is COc1ccc([C+]2c3ccc([n-]3)[C+](c3c(C)cc(C)cc3C)c3ccc([n-]3)-c3ccc([n-]3)[C+](c3c(C)cc(C)cc3C)c3ccc2[n-]3)cc1.[Ce].[K+].c1cnn([BH-](n2cccn2)n2cccn2)c1. The van der Waals surface area contributed by atoms with E-state index in [1.807, 2.05) is 62.7 Å². The molecule has 14 heteroatoms. The Labute approximate surface area is 468 Å². The summed E-state index contributed by atoms with van der Waals surface area (Å²) in [6, 6.07) is 39.6. The Morgan fingerprint density at radius 1 is 0.463 bits per heavy atom. The van der Waals surface area contributed by atoms with Crippen LogP contribution < -0.4 is 76.1 Å². The molecule has 0 N–H and O–H groups in total. The van der Waals surface area contributed by atoms with Crippen molar-refractivity contribution in [3.8, 4) is 17.1 Å². The molecular formula is C53H47BCeKN10O-. The Morgan fingerprint density at radius 3 is 1.15 bits per heavy atom. The molecule has 324 valence electrons. The van der Waals surface area contributed by atoms with Gasteiger partial charge in [0.05, 0.1) is 23.8 Å². The van der Waals surface area contributed by atoms with E-state index >= 15 is 0 Å². The van der Waals surface area contributed by atoms with Crippen LogP contribution in [0.15, 0.2) is 152 Å². The topological polar surface area (TPSA) is 119 Å². The van der Waals surface area contributed by atoms with Crippen LogP contribution in [0.2, 0.25) is 0 Å². The molecule has 7 aromatic heterocycles. The summed E-state index contributed by atoms with van der Waals surface area (Å²) in [6.07, 6.45) is 11.0. The maximum Gasteiger partial charge on any atom is 1.00 e. The number of hydrogen-bond donors (Lipinski definition) is 0. The molecule has 8 bridgehead atoms. The molecule has 0 fully saturated rings. The first-order valence-corrected chi connectivity index (χ1v) is 21.8. The van der Waals surface area contributed by atoms with E-state index in [4.69, 9.17) is 24.7 Å². The third-order valence-electron chi connectivity index (χ3n) is 12.1. The molecule has 0 atom stereocenters. The van der Waals surface area contributed by atoms with E-state index in [2.05, 4.69) is 142 Å². The molecule has 8 heterocycles. The Bertz CT molecular complexity index is 2930. The average molecular weight is 1030 g/mol. The standard InChI is InChI=1S/C44H37N4O.C9H10BN6.Ce.K/c1-24-20-26(3)40(27(4)21-24)43-36-14-12-32(45-36)33-13-15-37(46-33)44(41-28(5)22-25(2)23-29(41)6)39-19-17-35(48-39)42(34-16-18-38(43)47-34)30-8-10-31(49-7)11-9-30;1-4-11-14(7-1)10(15-8-2-5-12-15)16-9-3-6-13-16;;/h8-23H,1-7H3;1-10H;;/q2*-1;;+1. The molecule has 0 unspecified atom stereocenters. The smallest absolute Gasteiger partial charge is 0.644 e. The minimum absolute atomic E-state index is 0. The number of aryl methyl sites for hydroxylation is 6. The van der Waals surface area contributed by atoms with Crippen molar-refractivity contribution in [3.05, 3.63) is 254 Å². The molecule has 0 spiro atoms. The van der Waals surface area contributed by atoms with Crippen LogP contribution in [0.4, 0.5) is 0 Å². The minimum Gasteiger partial charge on any atom is -0.644 e. The first-order chi connectivity index (χ1) is 31.6. The third-order valence-corrected chi connectivity index (χ3v) is 12.1. The maximum absolute atomic E-state index is 5.52. The van der Waals surface area contributed by atoms with Gasteiger partial charge in [-0.05, 0) is 161 Å². The third kappa shape index (κ3) is 9.66. The van der Waals surface area contributed by atoms with Gasteiger partial charge in [-0.25, -0.2) is 15.3 Å². The first kappa shape index (κ1) is 48.4. The summed E-state index contributed by atoms with van der Waals surface area (Å²) in [4.78, 5) is 21.2. The van der Waals surface area contributed by atoms with Crippen molar-refractivity contribution in [2.75, 3.05) is 7.11 Å². The van der Waals surface area contributed by atoms with Crippen LogP contribution >= 0.6 is 0 Å². The normalized spacial score (nSPS) is 11.9. The van der Waals surface area contributed by atoms with E-state index in [-0.39, 0.29) is 93.1 Å². The molecular weight excluding hydrogens is 983 g/mol. The van der Waals surface area contributed by atoms with Crippen LogP contribution in [-0.2, 0) is 0 Å². The van der Waals surface area contributed by atoms with Crippen molar-refractivity contribution < 1.29 is 97.9 Å². The molecule has 1 aliphatic rings. The first-order valence-electron chi connectivity index (χ1n) is 21.8. The van der Waals surface area contributed by atoms with Gasteiger partial charge in [0.2, 0.25) is 0 Å². The summed E-state index contributed by atoms with van der Waals surface area (Å²) in [5, 5.41) is 12.8. The number of rotatable bonds is 7. The van der Waals surface area contributed by atoms with Crippen molar-refractivity contribution >= 4 is 7.12 Å². The number of benzene rings is 3. The van der Waals surface area contributed by atoms with Gasteiger partial charge in [-0.15, -0.1) is 11.4 Å². The Balaban J connectivity index is 0.000000285. The Kier molecular flexibility index (Phi) is 14.9. The van der Waals surface area contributed by atoms with Crippen LogP contribution in [0.1, 0.15) is 84.2 Å². The zero-order valence-electron chi connectivity index (χ0n) is 39.0. The van der Waals surface area contributed by atoms with E-state index in [0.29, 0.717) is 0 Å². The van der Waals surface area contributed by atoms with Crippen molar-refractivity contribution in [2.45, 2.75) is 41.5 Å². The van der Waals surface area contributed by atoms with Crippen LogP contribution in [0.3, 0.4) is 0 Å². The number of methoxy groups -OCH3 is 1. The Morgan fingerprint density at radius 2 is 0.806 bits per heavy atom. The number of ether oxygens (including phenoxy) is 1. The second-order valence-corrected chi connectivity index (χ2v) is 16.8. The van der Waals surface area contributed by atoms with E-state index < -0.39 is 7.12 Å². The molecule has 0 aliphatic carbocycles. The molecule has 0 amide bonds. The van der Waals surface area contributed by atoms with Gasteiger partial charge in [-0.1, -0.05) is 11.4 Å². The van der Waals surface area contributed by atoms with E-state index in [1.54, 1.807) is 25.7 Å². The van der Waals surface area contributed by atoms with Gasteiger partial charge in [0.15, 0.2) is 0 Å². The van der Waals surface area contributed by atoms with Crippen molar-refractivity contribution in [1.82, 2.24) is 49.0 Å². The fraction of sp³-hybridized carbons (Fsp3) is 0.132. The zero-order valence-corrected chi connectivity index (χ0v) is 45.3. The molecule has 3 aromatic carbocycles. The fourth-order valence-corrected chi connectivity index (χ4v) is 9.53. The number of hydrogen-bond acceptors (Lipinski definition) is 4. The largest absolute Gasteiger partial charge is 1.00 e. The molecule has 0 saturated heterocycles. The van der Waals surface area contributed by atoms with Gasteiger partial charge in [0, 0.05) is 149 Å². The quantitative estimate of drug-likeness (QED) is 0.155. The molecule has 11 nitrogen and oxygen atoms in total. The molecule has 1 aliphatic heterocycles. The molecule has 10 aromatic rings. The van der Waals surface area contributed by atoms with Crippen LogP contribution in [0.5, 0.6) is 5.75 Å². The Hall–Kier alpha value is -5.10. The number of aromatic nitrogens is 10. The monoisotopic (exact) mass is 1030 g/mol. The van der Waals surface area contributed by atoms with Crippen molar-refractivity contribution in [2.24, 2.45) is 0 Å². The van der Waals surface area contributed by atoms with Crippen LogP contribution in [-0.4, -0.2) is 43.3 Å². The van der Waals surface area contributed by atoms with Gasteiger partial charge in [-0.2, -0.15) is 0 Å². The van der Waals surface area contributed by atoms with Gasteiger partial charge < -0.3 is 38.5 Å². The van der Waals surface area contributed by atoms with Crippen molar-refractivity contribution in [3.63, 3.8) is 0 Å². The fourth-order valence-electron chi connectivity index (χ4n) is 9.53. The molecule has 67 heavy (non-hydrogen) atoms. The summed E-state index contributed by atoms with van der Waals surface area (Å²) in [7, 11) is 0.563. The average Bonchev–Trinajstić information content (AvgIpc) is 4.14. The predicted molar refractivity (Wildman–Crippen MR) is 254 cm³/mol. The van der Waals surface area contributed by atoms with Gasteiger partial charge in [-0.3, -0.25) is 0 Å². The van der Waals surface area contributed by atoms with Crippen LogP contribution in [0.25, 0.3) is 11.4 Å². The molecule has 11 rings (SSSR count). The van der Waals surface area contributed by atoms with Gasteiger partial charge in [0.25, 0.3) is 0 Å².